The molecule has 0 atom stereocenters. The van der Waals surface area contributed by atoms with Crippen molar-refractivity contribution in [3.05, 3.63) is 52.6 Å². The molecule has 0 bridgehead atoms. The van der Waals surface area contributed by atoms with Crippen molar-refractivity contribution in [2.45, 2.75) is 41.0 Å². The van der Waals surface area contributed by atoms with Gasteiger partial charge in [0.2, 0.25) is 5.91 Å². The lowest BCUT2D eigenvalue weighted by molar-refractivity contribution is -0.118. The lowest BCUT2D eigenvalue weighted by atomic mass is 10.0. The van der Waals surface area contributed by atoms with E-state index in [1.165, 1.54) is 5.56 Å². The molecule has 0 saturated heterocycles. The highest BCUT2D eigenvalue weighted by molar-refractivity contribution is 7.22. The average Bonchev–Trinajstić information content (AvgIpc) is 3.19. The topological polar surface area (TPSA) is 45.7 Å². The molecular formula is C25H33N3O2S. The quantitative estimate of drug-likeness (QED) is 0.463. The average molecular weight is 440 g/mol. The molecule has 0 aliphatic rings. The Morgan fingerprint density at radius 3 is 2.42 bits per heavy atom. The molecule has 6 heteroatoms. The van der Waals surface area contributed by atoms with Crippen LogP contribution in [0.1, 0.15) is 36.1 Å². The predicted octanol–water partition coefficient (Wildman–Crippen LogP) is 5.15. The van der Waals surface area contributed by atoms with Crippen LogP contribution in [0.15, 0.2) is 30.3 Å². The van der Waals surface area contributed by atoms with Crippen LogP contribution in [0, 0.1) is 20.8 Å². The number of aryl methyl sites for hydroxylation is 3. The number of fused-ring (bicyclic) bond motifs is 1. The van der Waals surface area contributed by atoms with E-state index in [9.17, 15) is 4.79 Å². The van der Waals surface area contributed by atoms with E-state index >= 15 is 0 Å². The van der Waals surface area contributed by atoms with Crippen LogP contribution in [-0.2, 0) is 11.2 Å². The molecule has 1 amide bonds. The van der Waals surface area contributed by atoms with Gasteiger partial charge >= 0.3 is 0 Å². The fraction of sp³-hybridized carbons (Fsp3) is 0.440. The summed E-state index contributed by atoms with van der Waals surface area (Å²) in [7, 11) is 1.66. The van der Waals surface area contributed by atoms with Crippen LogP contribution < -0.4 is 9.64 Å². The molecule has 5 nitrogen and oxygen atoms in total. The molecule has 3 rings (SSSR count). The molecular weight excluding hydrogens is 406 g/mol. The fourth-order valence-electron chi connectivity index (χ4n) is 3.79. The van der Waals surface area contributed by atoms with E-state index in [1.54, 1.807) is 18.4 Å². The van der Waals surface area contributed by atoms with Crippen molar-refractivity contribution in [1.82, 2.24) is 9.88 Å². The largest absolute Gasteiger partial charge is 0.494 e. The molecule has 0 unspecified atom stereocenters. The number of thiazole rings is 1. The molecule has 0 aliphatic heterocycles. The van der Waals surface area contributed by atoms with Gasteiger partial charge in [-0.2, -0.15) is 0 Å². The molecule has 0 N–H and O–H groups in total. The Labute approximate surface area is 189 Å². The number of rotatable bonds is 9. The number of amides is 1. The fourth-order valence-corrected chi connectivity index (χ4v) is 4.88. The lowest BCUT2D eigenvalue weighted by Gasteiger charge is -2.25. The SMILES string of the molecule is CCN(CC)CCN(C(=O)Cc1ccc(C)cc1C)c1nc2c(OC)ccc(C)c2s1. The van der Waals surface area contributed by atoms with Crippen molar-refractivity contribution < 1.29 is 9.53 Å². The van der Waals surface area contributed by atoms with Crippen LogP contribution in [0.25, 0.3) is 10.2 Å². The first kappa shape index (κ1) is 23.2. The van der Waals surface area contributed by atoms with Crippen LogP contribution in [-0.4, -0.2) is 49.1 Å². The summed E-state index contributed by atoms with van der Waals surface area (Å²) < 4.78 is 6.59. The monoisotopic (exact) mass is 439 g/mol. The highest BCUT2D eigenvalue weighted by atomic mass is 32.1. The van der Waals surface area contributed by atoms with Gasteiger partial charge in [0.15, 0.2) is 5.13 Å². The number of aromatic nitrogens is 1. The van der Waals surface area contributed by atoms with Crippen molar-refractivity contribution in [3.63, 3.8) is 0 Å². The Kier molecular flexibility index (Phi) is 7.68. The Bertz CT molecular complexity index is 1060. The maximum Gasteiger partial charge on any atom is 0.233 e. The number of methoxy groups -OCH3 is 1. The molecule has 0 spiro atoms. The van der Waals surface area contributed by atoms with Crippen molar-refractivity contribution in [2.24, 2.45) is 0 Å². The summed E-state index contributed by atoms with van der Waals surface area (Å²) in [5, 5.41) is 0.740. The Hall–Kier alpha value is -2.44. The summed E-state index contributed by atoms with van der Waals surface area (Å²) in [5.74, 6) is 0.823. The molecule has 0 fully saturated rings. The van der Waals surface area contributed by atoms with E-state index < -0.39 is 0 Å². The minimum absolute atomic E-state index is 0.0785. The number of carbonyl (C=O) groups excluding carboxylic acids is 1. The number of likely N-dealkylation sites (N-methyl/N-ethyl adjacent to an activating group) is 1. The third-order valence-electron chi connectivity index (χ3n) is 5.82. The molecule has 2 aromatic carbocycles. The Balaban J connectivity index is 1.96. The second kappa shape index (κ2) is 10.2. The van der Waals surface area contributed by atoms with Crippen LogP contribution in [0.4, 0.5) is 5.13 Å². The van der Waals surface area contributed by atoms with Gasteiger partial charge < -0.3 is 9.64 Å². The summed E-state index contributed by atoms with van der Waals surface area (Å²) in [6.07, 6.45) is 0.371. The first-order chi connectivity index (χ1) is 14.9. The van der Waals surface area contributed by atoms with Gasteiger partial charge in [-0.3, -0.25) is 9.69 Å². The Morgan fingerprint density at radius 2 is 1.77 bits per heavy atom. The predicted molar refractivity (Wildman–Crippen MR) is 131 cm³/mol. The molecule has 3 aromatic rings. The lowest BCUT2D eigenvalue weighted by Crippen LogP contribution is -2.39. The van der Waals surface area contributed by atoms with Gasteiger partial charge in [0.1, 0.15) is 11.3 Å². The summed E-state index contributed by atoms with van der Waals surface area (Å²) >= 11 is 1.57. The second-order valence-electron chi connectivity index (χ2n) is 7.94. The standard InChI is InChI=1S/C25H33N3O2S/c1-7-27(8-2)13-14-28(22(29)16-20-11-9-17(3)15-19(20)5)25-26-23-21(30-6)12-10-18(4)24(23)31-25/h9-12,15H,7-8,13-14,16H2,1-6H3. The van der Waals surface area contributed by atoms with Crippen LogP contribution in [0.2, 0.25) is 0 Å². The third-order valence-corrected chi connectivity index (χ3v) is 7.03. The minimum atomic E-state index is 0.0785. The molecule has 0 radical (unpaired) electrons. The number of ether oxygens (including phenoxy) is 1. The number of carbonyl (C=O) groups is 1. The van der Waals surface area contributed by atoms with Crippen molar-refractivity contribution >= 4 is 32.6 Å². The van der Waals surface area contributed by atoms with Crippen LogP contribution in [0.3, 0.4) is 0 Å². The highest BCUT2D eigenvalue weighted by Crippen LogP contribution is 2.36. The van der Waals surface area contributed by atoms with Gasteiger partial charge in [-0.25, -0.2) is 4.98 Å². The zero-order chi connectivity index (χ0) is 22.5. The van der Waals surface area contributed by atoms with Gasteiger partial charge in [0.25, 0.3) is 0 Å². The van der Waals surface area contributed by atoms with Crippen LogP contribution >= 0.6 is 11.3 Å². The van der Waals surface area contributed by atoms with E-state index in [0.717, 1.165) is 57.4 Å². The number of hydrogen-bond acceptors (Lipinski definition) is 5. The van der Waals surface area contributed by atoms with Gasteiger partial charge in [0, 0.05) is 13.1 Å². The Morgan fingerprint density at radius 1 is 1.03 bits per heavy atom. The summed E-state index contributed by atoms with van der Waals surface area (Å²) in [4.78, 5) is 22.5. The number of benzene rings is 2. The van der Waals surface area contributed by atoms with Crippen molar-refractivity contribution in [1.29, 1.82) is 0 Å². The molecule has 166 valence electrons. The third kappa shape index (κ3) is 5.25. The van der Waals surface area contributed by atoms with Crippen LogP contribution in [0.5, 0.6) is 5.75 Å². The summed E-state index contributed by atoms with van der Waals surface area (Å²) in [5.41, 5.74) is 5.40. The summed E-state index contributed by atoms with van der Waals surface area (Å²) in [6.45, 7) is 13.9. The van der Waals surface area contributed by atoms with E-state index in [0.29, 0.717) is 13.0 Å². The van der Waals surface area contributed by atoms with Gasteiger partial charge in [-0.1, -0.05) is 55.0 Å². The zero-order valence-electron chi connectivity index (χ0n) is 19.5. The van der Waals surface area contributed by atoms with Gasteiger partial charge in [-0.05, 0) is 56.6 Å². The molecule has 1 heterocycles. The zero-order valence-corrected chi connectivity index (χ0v) is 20.3. The van der Waals surface area contributed by atoms with Crippen molar-refractivity contribution in [3.8, 4) is 5.75 Å². The minimum Gasteiger partial charge on any atom is -0.494 e. The second-order valence-corrected chi connectivity index (χ2v) is 8.92. The first-order valence-electron chi connectivity index (χ1n) is 10.9. The summed E-state index contributed by atoms with van der Waals surface area (Å²) in [6, 6.07) is 10.3. The maximum atomic E-state index is 13.5. The van der Waals surface area contributed by atoms with E-state index in [-0.39, 0.29) is 5.91 Å². The molecule has 0 aliphatic carbocycles. The molecule has 1 aromatic heterocycles. The molecule has 0 saturated carbocycles. The maximum absolute atomic E-state index is 13.5. The number of nitrogens with zero attached hydrogens (tertiary/aromatic N) is 3. The highest BCUT2D eigenvalue weighted by Gasteiger charge is 2.23. The first-order valence-corrected chi connectivity index (χ1v) is 11.7. The van der Waals surface area contributed by atoms with E-state index in [2.05, 4.69) is 57.7 Å². The van der Waals surface area contributed by atoms with Gasteiger partial charge in [-0.15, -0.1) is 0 Å². The van der Waals surface area contributed by atoms with Crippen molar-refractivity contribution in [2.75, 3.05) is 38.2 Å². The number of hydrogen-bond donors (Lipinski definition) is 0. The number of anilines is 1. The normalized spacial score (nSPS) is 11.3. The van der Waals surface area contributed by atoms with E-state index in [1.807, 2.05) is 17.0 Å². The van der Waals surface area contributed by atoms with E-state index in [4.69, 9.17) is 9.72 Å². The van der Waals surface area contributed by atoms with Gasteiger partial charge in [0.05, 0.1) is 18.2 Å². The smallest absolute Gasteiger partial charge is 0.233 e. The molecule has 31 heavy (non-hydrogen) atoms.